The van der Waals surface area contributed by atoms with Crippen molar-refractivity contribution < 1.29 is 28.6 Å². The third-order valence-corrected chi connectivity index (χ3v) is 5.32. The van der Waals surface area contributed by atoms with E-state index in [2.05, 4.69) is 4.98 Å². The van der Waals surface area contributed by atoms with Gasteiger partial charge in [0.15, 0.2) is 17.2 Å². The van der Waals surface area contributed by atoms with Crippen LogP contribution in [0.1, 0.15) is 39.6 Å². The van der Waals surface area contributed by atoms with Crippen LogP contribution in [0, 0.1) is 12.7 Å². The molecule has 0 aliphatic rings. The zero-order valence-corrected chi connectivity index (χ0v) is 18.5. The molecule has 7 nitrogen and oxygen atoms in total. The quantitative estimate of drug-likeness (QED) is 0.396. The largest absolute Gasteiger partial charge is 0.485 e. The first kappa shape index (κ1) is 24.5. The summed E-state index contributed by atoms with van der Waals surface area (Å²) in [5.41, 5.74) is 2.90. The fourth-order valence-electron chi connectivity index (χ4n) is 3.71. The van der Waals surface area contributed by atoms with Crippen molar-refractivity contribution in [3.8, 4) is 5.75 Å². The van der Waals surface area contributed by atoms with Gasteiger partial charge in [-0.15, -0.1) is 0 Å². The second-order valence-corrected chi connectivity index (χ2v) is 7.49. The van der Waals surface area contributed by atoms with Gasteiger partial charge in [0.25, 0.3) is 0 Å². The lowest BCUT2D eigenvalue weighted by atomic mass is 9.93. The van der Waals surface area contributed by atoms with Gasteiger partial charge in [-0.3, -0.25) is 9.20 Å². The second kappa shape index (κ2) is 11.7. The van der Waals surface area contributed by atoms with Gasteiger partial charge in [0.1, 0.15) is 18.1 Å². The van der Waals surface area contributed by atoms with E-state index < -0.39 is 0 Å². The highest BCUT2D eigenvalue weighted by atomic mass is 19.1. The number of benzene rings is 2. The topological polar surface area (TPSA) is 98.0 Å². The van der Waals surface area contributed by atoms with Crippen molar-refractivity contribution in [2.24, 2.45) is 0 Å². The standard InChI is InChI=1S/C25H23FN2O3.CO2/c1-17-24(22(30)14-20(15-29)18-8-3-2-4-9-18)28-13-7-12-23(25(28)27-17)31-16-19-10-5-6-11-21(19)26;2-1-3/h2-13,20,29H,14-16H2,1H3;/t20-;/m0./s1. The third kappa shape index (κ3) is 5.61. The number of rotatable bonds is 8. The van der Waals surface area contributed by atoms with Crippen LogP contribution in [0.25, 0.3) is 5.65 Å². The molecule has 0 radical (unpaired) electrons. The van der Waals surface area contributed by atoms with Gasteiger partial charge in [-0.2, -0.15) is 9.59 Å². The van der Waals surface area contributed by atoms with Gasteiger partial charge in [-0.1, -0.05) is 48.5 Å². The maximum Gasteiger partial charge on any atom is 0.373 e. The molecule has 0 saturated carbocycles. The fourth-order valence-corrected chi connectivity index (χ4v) is 3.71. The lowest BCUT2D eigenvalue weighted by Crippen LogP contribution is -2.13. The Labute approximate surface area is 195 Å². The van der Waals surface area contributed by atoms with E-state index in [9.17, 15) is 14.3 Å². The summed E-state index contributed by atoms with van der Waals surface area (Å²) in [6.45, 7) is 1.71. The Morgan fingerprint density at radius 3 is 2.44 bits per heavy atom. The van der Waals surface area contributed by atoms with Gasteiger partial charge in [-0.05, 0) is 30.7 Å². The van der Waals surface area contributed by atoms with Crippen LogP contribution in [-0.2, 0) is 16.2 Å². The molecule has 0 saturated heterocycles. The van der Waals surface area contributed by atoms with Crippen molar-refractivity contribution in [1.82, 2.24) is 9.38 Å². The number of halogens is 1. The lowest BCUT2D eigenvalue weighted by molar-refractivity contribution is -0.191. The molecule has 0 unspecified atom stereocenters. The zero-order valence-electron chi connectivity index (χ0n) is 18.5. The minimum Gasteiger partial charge on any atom is -0.485 e. The molecule has 0 bridgehead atoms. The molecular weight excluding hydrogens is 439 g/mol. The maximum atomic E-state index is 13.9. The number of aliphatic hydroxyl groups is 1. The summed E-state index contributed by atoms with van der Waals surface area (Å²) in [5.74, 6) is -0.270. The molecule has 1 N–H and O–H groups in total. The molecule has 1 atom stereocenters. The van der Waals surface area contributed by atoms with E-state index in [4.69, 9.17) is 14.3 Å². The summed E-state index contributed by atoms with van der Waals surface area (Å²) in [6, 6.07) is 19.4. The molecule has 0 aliphatic heterocycles. The van der Waals surface area contributed by atoms with Gasteiger partial charge >= 0.3 is 6.15 Å². The van der Waals surface area contributed by atoms with Crippen LogP contribution in [-0.4, -0.2) is 33.0 Å². The number of ether oxygens (including phenoxy) is 1. The molecular formula is C26H23FN2O5. The molecule has 34 heavy (non-hydrogen) atoms. The number of aromatic nitrogens is 2. The van der Waals surface area contributed by atoms with Crippen molar-refractivity contribution >= 4 is 17.6 Å². The number of carbonyl (C=O) groups is 1. The number of nitrogens with zero attached hydrogens (tertiary/aromatic N) is 2. The average Bonchev–Trinajstić information content (AvgIpc) is 3.19. The van der Waals surface area contributed by atoms with Crippen molar-refractivity contribution in [2.45, 2.75) is 25.9 Å². The van der Waals surface area contributed by atoms with Crippen molar-refractivity contribution in [3.63, 3.8) is 0 Å². The molecule has 2 aromatic heterocycles. The first-order valence-electron chi connectivity index (χ1n) is 10.5. The van der Waals surface area contributed by atoms with E-state index >= 15 is 0 Å². The van der Waals surface area contributed by atoms with E-state index in [1.165, 1.54) is 6.07 Å². The van der Waals surface area contributed by atoms with E-state index in [0.717, 1.165) is 5.56 Å². The Morgan fingerprint density at radius 2 is 1.76 bits per heavy atom. The van der Waals surface area contributed by atoms with Gasteiger partial charge in [0.2, 0.25) is 0 Å². The first-order valence-corrected chi connectivity index (χ1v) is 10.5. The highest BCUT2D eigenvalue weighted by Crippen LogP contribution is 2.27. The normalized spacial score (nSPS) is 11.3. The predicted octanol–water partition coefficient (Wildman–Crippen LogP) is 4.13. The number of imidazole rings is 1. The Bertz CT molecular complexity index is 1300. The minimum absolute atomic E-state index is 0.0577. The van der Waals surface area contributed by atoms with Crippen molar-refractivity contribution in [3.05, 3.63) is 101 Å². The Kier molecular flexibility index (Phi) is 8.40. The summed E-state index contributed by atoms with van der Waals surface area (Å²) in [6.07, 6.45) is 2.17. The van der Waals surface area contributed by atoms with Crippen molar-refractivity contribution in [2.75, 3.05) is 6.61 Å². The van der Waals surface area contributed by atoms with Gasteiger partial charge in [-0.25, -0.2) is 9.37 Å². The van der Waals surface area contributed by atoms with E-state index in [0.29, 0.717) is 28.3 Å². The van der Waals surface area contributed by atoms with Crippen LogP contribution in [0.3, 0.4) is 0 Å². The zero-order chi connectivity index (χ0) is 24.5. The van der Waals surface area contributed by atoms with Crippen LogP contribution in [0.4, 0.5) is 4.39 Å². The number of aryl methyl sites for hydroxylation is 1. The van der Waals surface area contributed by atoms with Crippen LogP contribution in [0.15, 0.2) is 72.9 Å². The first-order chi connectivity index (χ1) is 16.5. The number of pyridine rings is 1. The lowest BCUT2D eigenvalue weighted by Gasteiger charge is -2.14. The Hall–Kier alpha value is -4.13. The third-order valence-electron chi connectivity index (χ3n) is 5.32. The van der Waals surface area contributed by atoms with Gasteiger partial charge in [0.05, 0.1) is 12.3 Å². The number of fused-ring (bicyclic) bond motifs is 1. The summed E-state index contributed by atoms with van der Waals surface area (Å²) < 4.78 is 21.4. The summed E-state index contributed by atoms with van der Waals surface area (Å²) in [7, 11) is 0. The smallest absolute Gasteiger partial charge is 0.373 e. The summed E-state index contributed by atoms with van der Waals surface area (Å²) >= 11 is 0. The molecule has 4 aromatic rings. The van der Waals surface area contributed by atoms with Crippen LogP contribution in [0.2, 0.25) is 0 Å². The fraction of sp³-hybridized carbons (Fsp3) is 0.192. The van der Waals surface area contributed by atoms with Crippen LogP contribution < -0.4 is 4.74 Å². The summed E-state index contributed by atoms with van der Waals surface area (Å²) in [4.78, 5) is 33.9. The number of Topliss-reactive ketones (excluding diaryl/α,β-unsaturated/α-hetero) is 1. The number of hydrogen-bond donors (Lipinski definition) is 1. The molecule has 2 heterocycles. The highest BCUT2D eigenvalue weighted by molar-refractivity contribution is 5.97. The van der Waals surface area contributed by atoms with Crippen LogP contribution >= 0.6 is 0 Å². The number of ketones is 1. The van der Waals surface area contributed by atoms with E-state index in [-0.39, 0.29) is 43.3 Å². The molecule has 2 aromatic carbocycles. The maximum absolute atomic E-state index is 13.9. The van der Waals surface area contributed by atoms with E-state index in [1.807, 2.05) is 30.3 Å². The number of hydrogen-bond acceptors (Lipinski definition) is 6. The Morgan fingerprint density at radius 1 is 1.09 bits per heavy atom. The molecule has 0 aliphatic carbocycles. The van der Waals surface area contributed by atoms with Crippen molar-refractivity contribution in [1.29, 1.82) is 0 Å². The summed E-state index contributed by atoms with van der Waals surface area (Å²) in [5, 5.41) is 9.83. The molecule has 0 spiro atoms. The van der Waals surface area contributed by atoms with E-state index in [1.54, 1.807) is 47.9 Å². The molecule has 0 fully saturated rings. The average molecular weight is 462 g/mol. The number of aliphatic hydroxyl groups excluding tert-OH is 1. The van der Waals surface area contributed by atoms with Gasteiger partial charge < -0.3 is 9.84 Å². The SMILES string of the molecule is Cc1nc2c(OCc3ccccc3F)cccn2c1C(=O)C[C@@H](CO)c1ccccc1.O=C=O. The minimum atomic E-state index is -0.333. The molecule has 4 rings (SSSR count). The second-order valence-electron chi connectivity index (χ2n) is 7.49. The Balaban J connectivity index is 0.00000103. The monoisotopic (exact) mass is 462 g/mol. The molecule has 0 amide bonds. The predicted molar refractivity (Wildman–Crippen MR) is 121 cm³/mol. The highest BCUT2D eigenvalue weighted by Gasteiger charge is 2.23. The molecule has 8 heteroatoms. The number of carbonyl (C=O) groups excluding carboxylic acids is 3. The van der Waals surface area contributed by atoms with Crippen LogP contribution in [0.5, 0.6) is 5.75 Å². The molecule has 174 valence electrons. The van der Waals surface area contributed by atoms with Gasteiger partial charge in [0, 0.05) is 24.1 Å².